The maximum absolute atomic E-state index is 9.66. The third kappa shape index (κ3) is 3.16. The van der Waals surface area contributed by atoms with Gasteiger partial charge in [-0.2, -0.15) is 0 Å². The van der Waals surface area contributed by atoms with Crippen LogP contribution in [-0.2, 0) is 0 Å². The number of nitrogens with zero attached hydrogens (tertiary/aromatic N) is 1. The van der Waals surface area contributed by atoms with Crippen molar-refractivity contribution in [3.05, 3.63) is 23.8 Å². The number of hydrogen-bond acceptors (Lipinski definition) is 4. The van der Waals surface area contributed by atoms with E-state index in [1.807, 2.05) is 12.1 Å². The fourth-order valence-corrected chi connectivity index (χ4v) is 2.88. The summed E-state index contributed by atoms with van der Waals surface area (Å²) in [6.45, 7) is 2.01. The summed E-state index contributed by atoms with van der Waals surface area (Å²) in [7, 11) is 1.54. The molecule has 5 heteroatoms. The number of hydrogen-bond donors (Lipinski definition) is 2. The predicted octanol–water partition coefficient (Wildman–Crippen LogP) is 2.21. The molecule has 1 aliphatic heterocycles. The Morgan fingerprint density at radius 3 is 2.63 bits per heavy atom. The predicted molar refractivity (Wildman–Crippen MR) is 79.6 cm³/mol. The molecule has 104 valence electrons. The van der Waals surface area contributed by atoms with Gasteiger partial charge in [0.2, 0.25) is 0 Å². The Hall–Kier alpha value is -1.33. The molecule has 0 aliphatic carbocycles. The van der Waals surface area contributed by atoms with E-state index in [-0.39, 0.29) is 11.8 Å². The first-order chi connectivity index (χ1) is 9.13. The largest absolute Gasteiger partial charge is 0.504 e. The molecule has 19 heavy (non-hydrogen) atoms. The topological polar surface area (TPSA) is 58.7 Å². The molecule has 4 nitrogen and oxygen atoms in total. The van der Waals surface area contributed by atoms with Crippen LogP contribution in [0.1, 0.15) is 30.9 Å². The van der Waals surface area contributed by atoms with E-state index in [9.17, 15) is 5.11 Å². The number of rotatable bonds is 4. The molecular formula is C14H20N2O2S. The summed E-state index contributed by atoms with van der Waals surface area (Å²) in [4.78, 5) is 2.77. The average molecular weight is 280 g/mol. The Kier molecular flexibility index (Phi) is 4.61. The molecular weight excluding hydrogens is 260 g/mol. The summed E-state index contributed by atoms with van der Waals surface area (Å²) >= 11 is 5.22. The van der Waals surface area contributed by atoms with Gasteiger partial charge in [0.15, 0.2) is 11.5 Å². The number of aromatic hydroxyl groups is 1. The van der Waals surface area contributed by atoms with Crippen LogP contribution in [0.2, 0.25) is 0 Å². The molecule has 2 rings (SSSR count). The summed E-state index contributed by atoms with van der Waals surface area (Å²) in [5.74, 6) is 0.586. The summed E-state index contributed by atoms with van der Waals surface area (Å²) in [5.41, 5.74) is 6.89. The van der Waals surface area contributed by atoms with Crippen molar-refractivity contribution < 1.29 is 9.84 Å². The first-order valence-corrected chi connectivity index (χ1v) is 6.94. The number of phenols is 1. The highest BCUT2D eigenvalue weighted by Gasteiger charge is 2.25. The van der Waals surface area contributed by atoms with E-state index in [2.05, 4.69) is 4.90 Å². The van der Waals surface area contributed by atoms with Crippen molar-refractivity contribution >= 4 is 17.2 Å². The van der Waals surface area contributed by atoms with Crippen molar-refractivity contribution in [3.63, 3.8) is 0 Å². The van der Waals surface area contributed by atoms with Crippen LogP contribution in [-0.4, -0.2) is 35.2 Å². The molecule has 1 fully saturated rings. The molecule has 0 saturated carbocycles. The van der Waals surface area contributed by atoms with E-state index >= 15 is 0 Å². The van der Waals surface area contributed by atoms with Crippen molar-refractivity contribution in [2.75, 3.05) is 20.2 Å². The minimum atomic E-state index is -0.0789. The van der Waals surface area contributed by atoms with Gasteiger partial charge in [0.25, 0.3) is 0 Å². The van der Waals surface area contributed by atoms with E-state index in [4.69, 9.17) is 22.7 Å². The van der Waals surface area contributed by atoms with Crippen LogP contribution < -0.4 is 10.5 Å². The standard InChI is InChI=1S/C14H20N2O2S/c1-18-12-9-10(5-6-11(12)17)13(14(15)19)16-7-3-2-4-8-16/h5-6,9,13,17H,2-4,7-8H2,1H3,(H2,15,19). The van der Waals surface area contributed by atoms with Gasteiger partial charge in [0.05, 0.1) is 18.1 Å². The lowest BCUT2D eigenvalue weighted by Crippen LogP contribution is -2.40. The van der Waals surface area contributed by atoms with Crippen molar-refractivity contribution in [2.45, 2.75) is 25.3 Å². The van der Waals surface area contributed by atoms with Gasteiger partial charge in [-0.25, -0.2) is 0 Å². The SMILES string of the molecule is COc1cc(C(C(N)=S)N2CCCCC2)ccc1O. The highest BCUT2D eigenvalue weighted by atomic mass is 32.1. The number of benzene rings is 1. The third-order valence-corrected chi connectivity index (χ3v) is 3.77. The van der Waals surface area contributed by atoms with E-state index in [0.717, 1.165) is 18.7 Å². The zero-order valence-corrected chi connectivity index (χ0v) is 11.9. The van der Waals surface area contributed by atoms with Crippen molar-refractivity contribution in [2.24, 2.45) is 5.73 Å². The summed E-state index contributed by atoms with van der Waals surface area (Å²) < 4.78 is 5.15. The Labute approximate surface area is 119 Å². The third-order valence-electron chi connectivity index (χ3n) is 3.54. The fourth-order valence-electron chi connectivity index (χ4n) is 2.60. The lowest BCUT2D eigenvalue weighted by molar-refractivity contribution is 0.203. The molecule has 0 radical (unpaired) electrons. The van der Waals surface area contributed by atoms with E-state index in [1.54, 1.807) is 6.07 Å². The summed E-state index contributed by atoms with van der Waals surface area (Å²) in [6, 6.07) is 5.22. The van der Waals surface area contributed by atoms with Crippen LogP contribution in [0.4, 0.5) is 0 Å². The average Bonchev–Trinajstić information content (AvgIpc) is 2.41. The lowest BCUT2D eigenvalue weighted by atomic mass is 10.0. The van der Waals surface area contributed by atoms with E-state index in [0.29, 0.717) is 10.7 Å². The Bertz CT molecular complexity index is 459. The Morgan fingerprint density at radius 2 is 2.05 bits per heavy atom. The molecule has 3 N–H and O–H groups in total. The monoisotopic (exact) mass is 280 g/mol. The van der Waals surface area contributed by atoms with Crippen LogP contribution in [0.5, 0.6) is 11.5 Å². The number of piperidine rings is 1. The fraction of sp³-hybridized carbons (Fsp3) is 0.500. The van der Waals surface area contributed by atoms with Crippen molar-refractivity contribution in [1.82, 2.24) is 4.90 Å². The van der Waals surface area contributed by atoms with Gasteiger partial charge < -0.3 is 15.6 Å². The van der Waals surface area contributed by atoms with Crippen LogP contribution in [0, 0.1) is 0 Å². The van der Waals surface area contributed by atoms with Crippen LogP contribution >= 0.6 is 12.2 Å². The van der Waals surface area contributed by atoms with Gasteiger partial charge in [-0.15, -0.1) is 0 Å². The molecule has 0 amide bonds. The number of phenolic OH excluding ortho intramolecular Hbond substituents is 1. The molecule has 1 aliphatic rings. The van der Waals surface area contributed by atoms with Crippen LogP contribution in [0.25, 0.3) is 0 Å². The van der Waals surface area contributed by atoms with Gasteiger partial charge in [0, 0.05) is 0 Å². The molecule has 0 aromatic heterocycles. The second kappa shape index (κ2) is 6.21. The molecule has 1 atom stereocenters. The van der Waals surface area contributed by atoms with Gasteiger partial charge in [-0.3, -0.25) is 4.90 Å². The molecule has 0 bridgehead atoms. The van der Waals surface area contributed by atoms with Crippen molar-refractivity contribution in [3.8, 4) is 11.5 Å². The number of nitrogens with two attached hydrogens (primary N) is 1. The number of ether oxygens (including phenoxy) is 1. The number of likely N-dealkylation sites (tertiary alicyclic amines) is 1. The lowest BCUT2D eigenvalue weighted by Gasteiger charge is -2.34. The Morgan fingerprint density at radius 1 is 1.37 bits per heavy atom. The molecule has 1 aromatic rings. The summed E-state index contributed by atoms with van der Waals surface area (Å²) in [6.07, 6.45) is 3.61. The quantitative estimate of drug-likeness (QED) is 0.828. The van der Waals surface area contributed by atoms with Crippen LogP contribution in [0.3, 0.4) is 0 Å². The van der Waals surface area contributed by atoms with Gasteiger partial charge >= 0.3 is 0 Å². The van der Waals surface area contributed by atoms with Gasteiger partial charge in [0.1, 0.15) is 0 Å². The smallest absolute Gasteiger partial charge is 0.160 e. The van der Waals surface area contributed by atoms with Gasteiger partial charge in [-0.1, -0.05) is 24.7 Å². The number of thiocarbonyl (C=S) groups is 1. The molecule has 1 unspecified atom stereocenters. The second-order valence-corrected chi connectivity index (χ2v) is 5.30. The Balaban J connectivity index is 2.30. The van der Waals surface area contributed by atoms with Crippen molar-refractivity contribution in [1.29, 1.82) is 0 Å². The molecule has 0 spiro atoms. The van der Waals surface area contributed by atoms with E-state index < -0.39 is 0 Å². The molecule has 1 heterocycles. The first-order valence-electron chi connectivity index (χ1n) is 6.53. The molecule has 1 saturated heterocycles. The van der Waals surface area contributed by atoms with Crippen LogP contribution in [0.15, 0.2) is 18.2 Å². The van der Waals surface area contributed by atoms with Gasteiger partial charge in [-0.05, 0) is 43.6 Å². The minimum absolute atomic E-state index is 0.0789. The molecule has 1 aromatic carbocycles. The summed E-state index contributed by atoms with van der Waals surface area (Å²) in [5, 5.41) is 9.66. The van der Waals surface area contributed by atoms with E-state index in [1.165, 1.54) is 26.4 Å². The number of methoxy groups -OCH3 is 1. The zero-order chi connectivity index (χ0) is 13.8. The second-order valence-electron chi connectivity index (χ2n) is 4.83. The maximum Gasteiger partial charge on any atom is 0.160 e. The minimum Gasteiger partial charge on any atom is -0.504 e. The maximum atomic E-state index is 9.66. The highest BCUT2D eigenvalue weighted by Crippen LogP contribution is 2.32. The normalized spacial score (nSPS) is 17.9. The zero-order valence-electron chi connectivity index (χ0n) is 11.1. The highest BCUT2D eigenvalue weighted by molar-refractivity contribution is 7.80. The first kappa shape index (κ1) is 14.1.